The first kappa shape index (κ1) is 16.0. The third-order valence-electron chi connectivity index (χ3n) is 4.19. The number of rotatable bonds is 3. The monoisotopic (exact) mass is 339 g/mol. The summed E-state index contributed by atoms with van der Waals surface area (Å²) in [6.07, 6.45) is 1.68. The van der Waals surface area contributed by atoms with Gasteiger partial charge in [0.05, 0.1) is 17.1 Å². The molecule has 0 aliphatic rings. The average Bonchev–Trinajstić information content (AvgIpc) is 2.69. The first-order valence-electron chi connectivity index (χ1n) is 8.40. The number of hydrogen-bond acceptors (Lipinski definition) is 3. The third-order valence-corrected chi connectivity index (χ3v) is 4.19. The van der Waals surface area contributed by atoms with Crippen LogP contribution in [0, 0.1) is 6.92 Å². The molecule has 0 unspecified atom stereocenters. The molecule has 0 spiro atoms. The van der Waals surface area contributed by atoms with E-state index in [-0.39, 0.29) is 5.56 Å². The standard InChI is InChI=1S/C22H17N3O/c1-16-11-13-18(14-12-16)21-24-20-10-6-5-9-19(20)22(26)25(21)23-15-17-7-3-2-4-8-17/h2-15H,1H3. The highest BCUT2D eigenvalue weighted by Gasteiger charge is 2.12. The van der Waals surface area contributed by atoms with Crippen LogP contribution in [-0.2, 0) is 0 Å². The molecule has 0 saturated heterocycles. The molecule has 0 saturated carbocycles. The number of aryl methyl sites for hydroxylation is 1. The van der Waals surface area contributed by atoms with Crippen molar-refractivity contribution in [1.29, 1.82) is 0 Å². The predicted octanol–water partition coefficient (Wildman–Crippen LogP) is 4.25. The molecular formula is C22H17N3O. The molecule has 4 heteroatoms. The SMILES string of the molecule is Cc1ccc(-c2nc3ccccc3c(=O)n2N=Cc2ccccc2)cc1. The molecule has 4 nitrogen and oxygen atoms in total. The fourth-order valence-electron chi connectivity index (χ4n) is 2.78. The van der Waals surface area contributed by atoms with Crippen molar-refractivity contribution >= 4 is 17.1 Å². The number of para-hydroxylation sites is 1. The summed E-state index contributed by atoms with van der Waals surface area (Å²) in [5.74, 6) is 0.529. The smallest absolute Gasteiger partial charge is 0.267 e. The number of benzene rings is 3. The number of hydrogen-bond donors (Lipinski definition) is 0. The Morgan fingerprint density at radius 1 is 0.885 bits per heavy atom. The maximum atomic E-state index is 13.0. The molecule has 0 radical (unpaired) electrons. The van der Waals surface area contributed by atoms with E-state index in [4.69, 9.17) is 4.98 Å². The number of fused-ring (bicyclic) bond motifs is 1. The second-order valence-corrected chi connectivity index (χ2v) is 6.09. The van der Waals surface area contributed by atoms with E-state index in [0.717, 1.165) is 16.7 Å². The fraction of sp³-hybridized carbons (Fsp3) is 0.0455. The van der Waals surface area contributed by atoms with Gasteiger partial charge < -0.3 is 0 Å². The number of aromatic nitrogens is 2. The summed E-state index contributed by atoms with van der Waals surface area (Å²) in [5, 5.41) is 4.99. The molecule has 0 amide bonds. The largest absolute Gasteiger partial charge is 0.282 e. The Bertz CT molecular complexity index is 1140. The summed E-state index contributed by atoms with van der Waals surface area (Å²) in [4.78, 5) is 17.7. The third kappa shape index (κ3) is 3.05. The van der Waals surface area contributed by atoms with Crippen molar-refractivity contribution in [1.82, 2.24) is 9.66 Å². The van der Waals surface area contributed by atoms with E-state index < -0.39 is 0 Å². The van der Waals surface area contributed by atoms with Crippen molar-refractivity contribution in [3.05, 3.63) is 100 Å². The first-order chi connectivity index (χ1) is 12.7. The highest BCUT2D eigenvalue weighted by Crippen LogP contribution is 2.19. The molecular weight excluding hydrogens is 322 g/mol. The van der Waals surface area contributed by atoms with Crippen LogP contribution in [0.25, 0.3) is 22.3 Å². The van der Waals surface area contributed by atoms with E-state index in [0.29, 0.717) is 16.7 Å². The molecule has 1 aromatic heterocycles. The quantitative estimate of drug-likeness (QED) is 0.524. The zero-order chi connectivity index (χ0) is 17.9. The van der Waals surface area contributed by atoms with Gasteiger partial charge in [0.25, 0.3) is 5.56 Å². The summed E-state index contributed by atoms with van der Waals surface area (Å²) in [7, 11) is 0. The van der Waals surface area contributed by atoms with Crippen LogP contribution in [0.1, 0.15) is 11.1 Å². The van der Waals surface area contributed by atoms with Crippen LogP contribution in [0.2, 0.25) is 0 Å². The van der Waals surface area contributed by atoms with Gasteiger partial charge in [-0.05, 0) is 24.6 Å². The van der Waals surface area contributed by atoms with Crippen LogP contribution < -0.4 is 5.56 Å². The van der Waals surface area contributed by atoms with Crippen LogP contribution >= 0.6 is 0 Å². The highest BCUT2D eigenvalue weighted by molar-refractivity contribution is 5.81. The molecule has 0 aliphatic carbocycles. The predicted molar refractivity (Wildman–Crippen MR) is 106 cm³/mol. The van der Waals surface area contributed by atoms with E-state index >= 15 is 0 Å². The van der Waals surface area contributed by atoms with Gasteiger partial charge in [0, 0.05) is 5.56 Å². The maximum absolute atomic E-state index is 13.0. The molecule has 0 N–H and O–H groups in total. The lowest BCUT2D eigenvalue weighted by Gasteiger charge is -2.09. The minimum Gasteiger partial charge on any atom is -0.267 e. The Balaban J connectivity index is 1.95. The molecule has 1 heterocycles. The Morgan fingerprint density at radius 2 is 1.58 bits per heavy atom. The van der Waals surface area contributed by atoms with Crippen molar-refractivity contribution < 1.29 is 0 Å². The van der Waals surface area contributed by atoms with Gasteiger partial charge in [-0.3, -0.25) is 4.79 Å². The van der Waals surface area contributed by atoms with Crippen LogP contribution in [0.15, 0.2) is 88.8 Å². The van der Waals surface area contributed by atoms with E-state index in [1.807, 2.05) is 79.7 Å². The van der Waals surface area contributed by atoms with E-state index in [2.05, 4.69) is 5.10 Å². The van der Waals surface area contributed by atoms with Gasteiger partial charge in [0.2, 0.25) is 0 Å². The Labute approximate surface area is 151 Å². The first-order valence-corrected chi connectivity index (χ1v) is 8.40. The summed E-state index contributed by atoms with van der Waals surface area (Å²) in [5.41, 5.74) is 3.40. The molecule has 0 aliphatic heterocycles. The normalized spacial score (nSPS) is 11.3. The summed E-state index contributed by atoms with van der Waals surface area (Å²) in [6, 6.07) is 24.9. The lowest BCUT2D eigenvalue weighted by Crippen LogP contribution is -2.20. The molecule has 0 bridgehead atoms. The van der Waals surface area contributed by atoms with Crippen molar-refractivity contribution in [2.24, 2.45) is 5.10 Å². The maximum Gasteiger partial charge on any atom is 0.282 e. The van der Waals surface area contributed by atoms with Crippen LogP contribution in [0.5, 0.6) is 0 Å². The number of nitrogens with zero attached hydrogens (tertiary/aromatic N) is 3. The average molecular weight is 339 g/mol. The van der Waals surface area contributed by atoms with Crippen molar-refractivity contribution in [3.63, 3.8) is 0 Å². The van der Waals surface area contributed by atoms with Crippen molar-refractivity contribution in [3.8, 4) is 11.4 Å². The molecule has 4 aromatic rings. The van der Waals surface area contributed by atoms with Crippen LogP contribution in [0.3, 0.4) is 0 Å². The Hall–Kier alpha value is -3.53. The highest BCUT2D eigenvalue weighted by atomic mass is 16.1. The van der Waals surface area contributed by atoms with Gasteiger partial charge in [-0.1, -0.05) is 72.3 Å². The Kier molecular flexibility index (Phi) is 4.15. The van der Waals surface area contributed by atoms with Crippen LogP contribution in [-0.4, -0.2) is 15.9 Å². The van der Waals surface area contributed by atoms with Crippen molar-refractivity contribution in [2.45, 2.75) is 6.92 Å². The fourth-order valence-corrected chi connectivity index (χ4v) is 2.78. The molecule has 4 rings (SSSR count). The van der Waals surface area contributed by atoms with Gasteiger partial charge in [-0.25, -0.2) is 4.98 Å². The summed E-state index contributed by atoms with van der Waals surface area (Å²) in [6.45, 7) is 2.03. The topological polar surface area (TPSA) is 47.2 Å². The zero-order valence-corrected chi connectivity index (χ0v) is 14.3. The van der Waals surface area contributed by atoms with Gasteiger partial charge in [-0.2, -0.15) is 9.78 Å². The molecule has 3 aromatic carbocycles. The lowest BCUT2D eigenvalue weighted by molar-refractivity contribution is 0.829. The lowest BCUT2D eigenvalue weighted by atomic mass is 10.1. The van der Waals surface area contributed by atoms with Gasteiger partial charge in [-0.15, -0.1) is 0 Å². The van der Waals surface area contributed by atoms with Gasteiger partial charge in [0.15, 0.2) is 5.82 Å². The molecule has 26 heavy (non-hydrogen) atoms. The second-order valence-electron chi connectivity index (χ2n) is 6.09. The van der Waals surface area contributed by atoms with E-state index in [9.17, 15) is 4.79 Å². The molecule has 126 valence electrons. The minimum absolute atomic E-state index is 0.182. The van der Waals surface area contributed by atoms with Gasteiger partial charge >= 0.3 is 0 Å². The van der Waals surface area contributed by atoms with E-state index in [1.165, 1.54) is 4.68 Å². The molecule has 0 fully saturated rings. The zero-order valence-electron chi connectivity index (χ0n) is 14.3. The van der Waals surface area contributed by atoms with Crippen molar-refractivity contribution in [2.75, 3.05) is 0 Å². The summed E-state index contributed by atoms with van der Waals surface area (Å²) >= 11 is 0. The van der Waals surface area contributed by atoms with Gasteiger partial charge in [0.1, 0.15) is 0 Å². The Morgan fingerprint density at radius 3 is 2.35 bits per heavy atom. The van der Waals surface area contributed by atoms with Crippen LogP contribution in [0.4, 0.5) is 0 Å². The second kappa shape index (κ2) is 6.76. The summed E-state index contributed by atoms with van der Waals surface area (Å²) < 4.78 is 1.38. The van der Waals surface area contributed by atoms with E-state index in [1.54, 1.807) is 12.3 Å². The minimum atomic E-state index is -0.182. The molecule has 0 atom stereocenters.